The lowest BCUT2D eigenvalue weighted by Gasteiger charge is -2.65. The van der Waals surface area contributed by atoms with Crippen LogP contribution in [0.5, 0.6) is 0 Å². The molecule has 0 bridgehead atoms. The Morgan fingerprint density at radius 1 is 1.00 bits per heavy atom. The second-order valence-electron chi connectivity index (χ2n) is 9.70. The summed E-state index contributed by atoms with van der Waals surface area (Å²) in [6, 6.07) is 0. The Bertz CT molecular complexity index is 540. The minimum atomic E-state index is -0.832. The number of fused-ring (bicyclic) bond motifs is 2. The second kappa shape index (κ2) is 5.65. The molecule has 0 aromatic heterocycles. The van der Waals surface area contributed by atoms with Crippen LogP contribution in [0.4, 0.5) is 0 Å². The molecule has 4 fully saturated rings. The lowest BCUT2D eigenvalue weighted by Crippen LogP contribution is -2.66. The highest BCUT2D eigenvalue weighted by Gasteiger charge is 2.70. The van der Waals surface area contributed by atoms with E-state index in [1.54, 1.807) is 0 Å². The Kier molecular flexibility index (Phi) is 4.11. The van der Waals surface area contributed by atoms with Crippen LogP contribution >= 0.6 is 0 Å². The summed E-state index contributed by atoms with van der Waals surface area (Å²) >= 11 is 0. The van der Waals surface area contributed by atoms with Gasteiger partial charge in [0.15, 0.2) is 6.29 Å². The van der Waals surface area contributed by atoms with E-state index < -0.39 is 23.4 Å². The van der Waals surface area contributed by atoms with Gasteiger partial charge in [0.1, 0.15) is 5.60 Å². The molecule has 2 aliphatic carbocycles. The van der Waals surface area contributed by atoms with Gasteiger partial charge in [0.2, 0.25) is 0 Å². The minimum Gasteiger partial charge on any atom is -0.396 e. The van der Waals surface area contributed by atoms with Crippen molar-refractivity contribution in [3.63, 3.8) is 0 Å². The topological polar surface area (TPSA) is 79.2 Å². The van der Waals surface area contributed by atoms with E-state index >= 15 is 0 Å². The van der Waals surface area contributed by atoms with Gasteiger partial charge < -0.3 is 24.8 Å². The largest absolute Gasteiger partial charge is 0.396 e. The molecule has 25 heavy (non-hydrogen) atoms. The molecule has 5 nitrogen and oxygen atoms in total. The van der Waals surface area contributed by atoms with Crippen LogP contribution in [0, 0.1) is 22.7 Å². The van der Waals surface area contributed by atoms with Crippen LogP contribution < -0.4 is 0 Å². The van der Waals surface area contributed by atoms with Gasteiger partial charge in [0.05, 0.1) is 24.9 Å². The summed E-state index contributed by atoms with van der Waals surface area (Å²) in [6.07, 6.45) is 4.89. The molecule has 4 aliphatic rings. The molecule has 2 aliphatic heterocycles. The summed E-state index contributed by atoms with van der Waals surface area (Å²) in [7, 11) is 0. The van der Waals surface area contributed by atoms with Gasteiger partial charge in [-0.05, 0) is 50.4 Å². The number of hydrogen-bond donors (Lipinski definition) is 3. The Morgan fingerprint density at radius 2 is 1.76 bits per heavy atom. The van der Waals surface area contributed by atoms with Gasteiger partial charge in [-0.25, -0.2) is 0 Å². The van der Waals surface area contributed by atoms with Gasteiger partial charge in [-0.1, -0.05) is 20.8 Å². The van der Waals surface area contributed by atoms with Gasteiger partial charge in [0.25, 0.3) is 0 Å². The van der Waals surface area contributed by atoms with Crippen molar-refractivity contribution in [2.45, 2.75) is 89.3 Å². The maximum absolute atomic E-state index is 10.7. The predicted molar refractivity (Wildman–Crippen MR) is 92.8 cm³/mol. The fourth-order valence-electron chi connectivity index (χ4n) is 7.06. The summed E-state index contributed by atoms with van der Waals surface area (Å²) in [6.45, 7) is 7.20. The maximum Gasteiger partial charge on any atom is 0.184 e. The predicted octanol–water partition coefficient (Wildman–Crippen LogP) is 2.22. The van der Waals surface area contributed by atoms with Crippen molar-refractivity contribution in [1.29, 1.82) is 0 Å². The highest BCUT2D eigenvalue weighted by Crippen LogP contribution is 2.68. The second-order valence-corrected chi connectivity index (χ2v) is 9.70. The molecular formula is C20H34O5. The smallest absolute Gasteiger partial charge is 0.184 e. The maximum atomic E-state index is 10.7. The van der Waals surface area contributed by atoms with E-state index in [0.29, 0.717) is 18.9 Å². The van der Waals surface area contributed by atoms with E-state index in [4.69, 9.17) is 9.47 Å². The molecule has 8 unspecified atom stereocenters. The van der Waals surface area contributed by atoms with Crippen molar-refractivity contribution < 1.29 is 24.8 Å². The van der Waals surface area contributed by atoms with Crippen molar-refractivity contribution in [1.82, 2.24) is 0 Å². The summed E-state index contributed by atoms with van der Waals surface area (Å²) in [5, 5.41) is 31.2. The van der Waals surface area contributed by atoms with Crippen LogP contribution in [0.1, 0.15) is 65.7 Å². The van der Waals surface area contributed by atoms with Crippen LogP contribution in [-0.2, 0) is 9.47 Å². The van der Waals surface area contributed by atoms with Crippen LogP contribution in [0.25, 0.3) is 0 Å². The number of rotatable bonds is 1. The molecular weight excluding hydrogens is 320 g/mol. The molecule has 2 saturated heterocycles. The monoisotopic (exact) mass is 354 g/mol. The third-order valence-electron chi connectivity index (χ3n) is 8.81. The van der Waals surface area contributed by atoms with E-state index in [2.05, 4.69) is 13.8 Å². The van der Waals surface area contributed by atoms with E-state index in [1.807, 2.05) is 6.92 Å². The zero-order chi connectivity index (χ0) is 18.1. The quantitative estimate of drug-likeness (QED) is 0.673. The first-order valence-corrected chi connectivity index (χ1v) is 10.0. The Labute approximate surface area is 150 Å². The first kappa shape index (κ1) is 18.2. The molecule has 0 aromatic rings. The first-order valence-electron chi connectivity index (χ1n) is 10.0. The molecule has 5 heteroatoms. The van der Waals surface area contributed by atoms with Gasteiger partial charge in [-0.3, -0.25) is 0 Å². The molecule has 2 spiro atoms. The fraction of sp³-hybridized carbons (Fsp3) is 1.00. The van der Waals surface area contributed by atoms with Crippen molar-refractivity contribution in [2.24, 2.45) is 22.7 Å². The van der Waals surface area contributed by atoms with E-state index in [0.717, 1.165) is 38.5 Å². The minimum absolute atomic E-state index is 0.00969. The number of aliphatic hydroxyl groups is 3. The highest BCUT2D eigenvalue weighted by molar-refractivity contribution is 5.18. The standard InChI is InChI=1S/C20H34O5/c1-13-4-5-14-17(2,12-21)15(22)6-7-18(14,3)20(13)9-8-19(25-20)10-11-24-16(19)23/h13-16,21-23H,4-12H2,1-3H3. The summed E-state index contributed by atoms with van der Waals surface area (Å²) in [5.74, 6) is 0.624. The van der Waals surface area contributed by atoms with E-state index in [-0.39, 0.29) is 23.5 Å². The van der Waals surface area contributed by atoms with Crippen molar-refractivity contribution >= 4 is 0 Å². The van der Waals surface area contributed by atoms with Crippen LogP contribution in [0.15, 0.2) is 0 Å². The van der Waals surface area contributed by atoms with E-state index in [1.165, 1.54) is 0 Å². The van der Waals surface area contributed by atoms with Gasteiger partial charge in [-0.2, -0.15) is 0 Å². The molecule has 144 valence electrons. The zero-order valence-electron chi connectivity index (χ0n) is 15.8. The molecule has 0 amide bonds. The Hall–Kier alpha value is -0.200. The molecule has 4 rings (SSSR count). The zero-order valence-corrected chi connectivity index (χ0v) is 15.8. The lowest BCUT2D eigenvalue weighted by atomic mass is 9.43. The van der Waals surface area contributed by atoms with Gasteiger partial charge in [0, 0.05) is 17.3 Å². The van der Waals surface area contributed by atoms with Crippen molar-refractivity contribution in [3.05, 3.63) is 0 Å². The third-order valence-corrected chi connectivity index (χ3v) is 8.81. The fourth-order valence-corrected chi connectivity index (χ4v) is 7.06. The van der Waals surface area contributed by atoms with Crippen molar-refractivity contribution in [2.75, 3.05) is 13.2 Å². The summed E-state index contributed by atoms with van der Waals surface area (Å²) < 4.78 is 12.3. The molecule has 2 heterocycles. The van der Waals surface area contributed by atoms with Crippen LogP contribution in [-0.4, -0.2) is 52.1 Å². The van der Waals surface area contributed by atoms with Crippen LogP contribution in [0.2, 0.25) is 0 Å². The SMILES string of the molecule is CC1CCC2C(C)(CO)C(O)CCC2(C)C12CCC1(CCOC1O)O2. The molecule has 8 atom stereocenters. The van der Waals surface area contributed by atoms with Gasteiger partial charge in [-0.15, -0.1) is 0 Å². The molecule has 3 N–H and O–H groups in total. The van der Waals surface area contributed by atoms with Crippen LogP contribution in [0.3, 0.4) is 0 Å². The molecule has 2 saturated carbocycles. The Morgan fingerprint density at radius 3 is 2.40 bits per heavy atom. The lowest BCUT2D eigenvalue weighted by molar-refractivity contribution is -0.286. The number of ether oxygens (including phenoxy) is 2. The third kappa shape index (κ3) is 2.13. The summed E-state index contributed by atoms with van der Waals surface area (Å²) in [5.41, 5.74) is -1.46. The van der Waals surface area contributed by atoms with Gasteiger partial charge >= 0.3 is 0 Å². The number of hydrogen-bond acceptors (Lipinski definition) is 5. The van der Waals surface area contributed by atoms with E-state index in [9.17, 15) is 15.3 Å². The molecule has 0 aromatic carbocycles. The number of aliphatic hydroxyl groups excluding tert-OH is 3. The summed E-state index contributed by atoms with van der Waals surface area (Å²) in [4.78, 5) is 0. The molecule has 0 radical (unpaired) electrons. The average molecular weight is 354 g/mol. The van der Waals surface area contributed by atoms with Crippen molar-refractivity contribution in [3.8, 4) is 0 Å². The highest BCUT2D eigenvalue weighted by atomic mass is 16.7. The first-order chi connectivity index (χ1) is 11.7. The Balaban J connectivity index is 1.75. The normalized spacial score (nSPS) is 58.8. The average Bonchev–Trinajstić information content (AvgIpc) is 3.15.